The van der Waals surface area contributed by atoms with Gasteiger partial charge in [-0.15, -0.1) is 0 Å². The standard InChI is InChI=1S/C15H17N5O4/c1-20-6-5-11(19-20)15(22)18-17-8-10-3-4-12(13(7-10)23-2)24-9-14(16)21/h3-8H,9H2,1-2H3,(H2,16,21)(H,18,22)/b17-8+. The minimum Gasteiger partial charge on any atom is -0.493 e. The van der Waals surface area contributed by atoms with E-state index in [0.29, 0.717) is 17.1 Å². The van der Waals surface area contributed by atoms with Crippen LogP contribution in [-0.2, 0) is 11.8 Å². The number of carbonyl (C=O) groups excluding carboxylic acids is 2. The van der Waals surface area contributed by atoms with Crippen LogP contribution in [0.5, 0.6) is 11.5 Å². The first-order valence-corrected chi connectivity index (χ1v) is 6.92. The second-order valence-electron chi connectivity index (χ2n) is 4.74. The maximum atomic E-state index is 11.8. The van der Waals surface area contributed by atoms with Crippen LogP contribution in [0.3, 0.4) is 0 Å². The largest absolute Gasteiger partial charge is 0.493 e. The summed E-state index contributed by atoms with van der Waals surface area (Å²) in [4.78, 5) is 22.5. The number of nitrogens with zero attached hydrogens (tertiary/aromatic N) is 3. The van der Waals surface area contributed by atoms with Crippen LogP contribution in [0, 0.1) is 0 Å². The molecule has 0 radical (unpaired) electrons. The molecular formula is C15H17N5O4. The third kappa shape index (κ3) is 4.57. The van der Waals surface area contributed by atoms with Gasteiger partial charge in [-0.3, -0.25) is 14.3 Å². The number of carbonyl (C=O) groups is 2. The van der Waals surface area contributed by atoms with Gasteiger partial charge in [0, 0.05) is 13.2 Å². The average molecular weight is 331 g/mol. The Morgan fingerprint density at radius 1 is 1.38 bits per heavy atom. The van der Waals surface area contributed by atoms with Gasteiger partial charge in [0.15, 0.2) is 23.8 Å². The highest BCUT2D eigenvalue weighted by Crippen LogP contribution is 2.27. The summed E-state index contributed by atoms with van der Waals surface area (Å²) in [5.41, 5.74) is 8.34. The summed E-state index contributed by atoms with van der Waals surface area (Å²) in [5.74, 6) is -0.206. The molecule has 0 aliphatic rings. The van der Waals surface area contributed by atoms with Crippen molar-refractivity contribution in [1.29, 1.82) is 0 Å². The summed E-state index contributed by atoms with van der Waals surface area (Å²) >= 11 is 0. The van der Waals surface area contributed by atoms with Crippen molar-refractivity contribution in [3.8, 4) is 11.5 Å². The quantitative estimate of drug-likeness (QED) is 0.549. The lowest BCUT2D eigenvalue weighted by molar-refractivity contribution is -0.119. The molecule has 126 valence electrons. The molecule has 0 aliphatic carbocycles. The number of aromatic nitrogens is 2. The van der Waals surface area contributed by atoms with E-state index in [0.717, 1.165) is 0 Å². The molecule has 1 aromatic heterocycles. The molecule has 0 saturated carbocycles. The fourth-order valence-electron chi connectivity index (χ4n) is 1.79. The van der Waals surface area contributed by atoms with E-state index in [-0.39, 0.29) is 12.3 Å². The lowest BCUT2D eigenvalue weighted by atomic mass is 10.2. The summed E-state index contributed by atoms with van der Waals surface area (Å²) in [6.07, 6.45) is 3.11. The Morgan fingerprint density at radius 3 is 2.79 bits per heavy atom. The molecule has 2 rings (SSSR count). The number of nitrogens with one attached hydrogen (secondary N) is 1. The van der Waals surface area contributed by atoms with E-state index in [2.05, 4.69) is 15.6 Å². The van der Waals surface area contributed by atoms with E-state index in [9.17, 15) is 9.59 Å². The number of hydrogen-bond donors (Lipinski definition) is 2. The first-order chi connectivity index (χ1) is 11.5. The van der Waals surface area contributed by atoms with Gasteiger partial charge in [0.2, 0.25) is 0 Å². The maximum absolute atomic E-state index is 11.8. The topological polar surface area (TPSA) is 121 Å². The SMILES string of the molecule is COc1cc(/C=N/NC(=O)c2ccn(C)n2)ccc1OCC(N)=O. The average Bonchev–Trinajstić information content (AvgIpc) is 2.99. The summed E-state index contributed by atoms with van der Waals surface area (Å²) < 4.78 is 11.9. The van der Waals surface area contributed by atoms with Crippen molar-refractivity contribution in [1.82, 2.24) is 15.2 Å². The number of rotatable bonds is 7. The number of hydrazone groups is 1. The molecule has 0 saturated heterocycles. The van der Waals surface area contributed by atoms with Gasteiger partial charge in [-0.1, -0.05) is 0 Å². The van der Waals surface area contributed by atoms with Gasteiger partial charge in [0.05, 0.1) is 13.3 Å². The van der Waals surface area contributed by atoms with Crippen LogP contribution >= 0.6 is 0 Å². The molecule has 1 aromatic carbocycles. The first kappa shape index (κ1) is 17.0. The molecule has 1 heterocycles. The van der Waals surface area contributed by atoms with Crippen molar-refractivity contribution >= 4 is 18.0 Å². The number of primary amides is 1. The number of nitrogens with two attached hydrogens (primary N) is 1. The van der Waals surface area contributed by atoms with Crippen molar-refractivity contribution in [2.24, 2.45) is 17.9 Å². The monoisotopic (exact) mass is 331 g/mol. The molecule has 0 atom stereocenters. The van der Waals surface area contributed by atoms with Crippen molar-refractivity contribution in [2.75, 3.05) is 13.7 Å². The Hall–Kier alpha value is -3.36. The van der Waals surface area contributed by atoms with Crippen molar-refractivity contribution < 1.29 is 19.1 Å². The van der Waals surface area contributed by atoms with Crippen LogP contribution in [0.4, 0.5) is 0 Å². The fourth-order valence-corrected chi connectivity index (χ4v) is 1.79. The molecule has 0 bridgehead atoms. The van der Waals surface area contributed by atoms with Crippen LogP contribution in [-0.4, -0.2) is 41.5 Å². The lowest BCUT2D eigenvalue weighted by Crippen LogP contribution is -2.20. The number of methoxy groups -OCH3 is 1. The lowest BCUT2D eigenvalue weighted by Gasteiger charge is -2.09. The second kappa shape index (κ2) is 7.77. The zero-order chi connectivity index (χ0) is 17.5. The number of hydrogen-bond acceptors (Lipinski definition) is 6. The van der Waals surface area contributed by atoms with E-state index >= 15 is 0 Å². The highest BCUT2D eigenvalue weighted by molar-refractivity contribution is 5.93. The van der Waals surface area contributed by atoms with Gasteiger partial charge >= 0.3 is 0 Å². The Kier molecular flexibility index (Phi) is 5.50. The van der Waals surface area contributed by atoms with Gasteiger partial charge in [-0.25, -0.2) is 5.43 Å². The van der Waals surface area contributed by atoms with E-state index in [1.807, 2.05) is 0 Å². The van der Waals surface area contributed by atoms with E-state index < -0.39 is 11.8 Å². The molecular weight excluding hydrogens is 314 g/mol. The van der Waals surface area contributed by atoms with Gasteiger partial charge in [0.1, 0.15) is 0 Å². The van der Waals surface area contributed by atoms with Gasteiger partial charge in [-0.05, 0) is 29.8 Å². The maximum Gasteiger partial charge on any atom is 0.291 e. The molecule has 0 spiro atoms. The number of benzene rings is 1. The zero-order valence-corrected chi connectivity index (χ0v) is 13.2. The minimum atomic E-state index is -0.583. The predicted octanol–water partition coefficient (Wildman–Crippen LogP) is 0.0567. The molecule has 0 aliphatic heterocycles. The summed E-state index contributed by atoms with van der Waals surface area (Å²) in [6.45, 7) is -0.246. The molecule has 3 N–H and O–H groups in total. The Labute approximate surface area is 138 Å². The molecule has 2 aromatic rings. The molecule has 0 fully saturated rings. The van der Waals surface area contributed by atoms with Crippen LogP contribution in [0.15, 0.2) is 35.6 Å². The van der Waals surface area contributed by atoms with Crippen molar-refractivity contribution in [3.05, 3.63) is 41.7 Å². The predicted molar refractivity (Wildman–Crippen MR) is 86.0 cm³/mol. The third-order valence-electron chi connectivity index (χ3n) is 2.88. The van der Waals surface area contributed by atoms with Crippen LogP contribution < -0.4 is 20.6 Å². The molecule has 2 amide bonds. The van der Waals surface area contributed by atoms with Crippen molar-refractivity contribution in [2.45, 2.75) is 0 Å². The van der Waals surface area contributed by atoms with Gasteiger partial charge < -0.3 is 15.2 Å². The van der Waals surface area contributed by atoms with E-state index in [4.69, 9.17) is 15.2 Å². The highest BCUT2D eigenvalue weighted by atomic mass is 16.5. The number of amides is 2. The van der Waals surface area contributed by atoms with E-state index in [1.165, 1.54) is 18.0 Å². The first-order valence-electron chi connectivity index (χ1n) is 6.92. The van der Waals surface area contributed by atoms with Crippen LogP contribution in [0.1, 0.15) is 16.1 Å². The summed E-state index contributed by atoms with van der Waals surface area (Å²) in [5, 5.41) is 7.83. The van der Waals surface area contributed by atoms with E-state index in [1.54, 1.807) is 37.5 Å². The van der Waals surface area contributed by atoms with Crippen LogP contribution in [0.25, 0.3) is 0 Å². The number of aryl methyl sites for hydroxylation is 1. The molecule has 9 heteroatoms. The van der Waals surface area contributed by atoms with Crippen LogP contribution in [0.2, 0.25) is 0 Å². The Bertz CT molecular complexity index is 769. The summed E-state index contributed by atoms with van der Waals surface area (Å²) in [6, 6.07) is 6.53. The fraction of sp³-hybridized carbons (Fsp3) is 0.200. The Balaban J connectivity index is 2.01. The highest BCUT2D eigenvalue weighted by Gasteiger charge is 2.08. The molecule has 0 unspecified atom stereocenters. The molecule has 9 nitrogen and oxygen atoms in total. The van der Waals surface area contributed by atoms with Gasteiger partial charge in [-0.2, -0.15) is 10.2 Å². The smallest absolute Gasteiger partial charge is 0.291 e. The third-order valence-corrected chi connectivity index (χ3v) is 2.88. The number of ether oxygens (including phenoxy) is 2. The van der Waals surface area contributed by atoms with Crippen molar-refractivity contribution in [3.63, 3.8) is 0 Å². The van der Waals surface area contributed by atoms with Gasteiger partial charge in [0.25, 0.3) is 11.8 Å². The Morgan fingerprint density at radius 2 is 2.17 bits per heavy atom. The summed E-state index contributed by atoms with van der Waals surface area (Å²) in [7, 11) is 3.18. The zero-order valence-electron chi connectivity index (χ0n) is 13.2. The normalized spacial score (nSPS) is 10.6. The second-order valence-corrected chi connectivity index (χ2v) is 4.74. The molecule has 24 heavy (non-hydrogen) atoms. The minimum absolute atomic E-state index is 0.246.